The summed E-state index contributed by atoms with van der Waals surface area (Å²) in [4.78, 5) is 12.8. The topological polar surface area (TPSA) is 65.4 Å². The Bertz CT molecular complexity index is 1130. The zero-order valence-electron chi connectivity index (χ0n) is 15.0. The van der Waals surface area contributed by atoms with E-state index in [1.807, 2.05) is 66.9 Å². The van der Waals surface area contributed by atoms with Crippen LogP contribution < -0.4 is 14.8 Å². The van der Waals surface area contributed by atoms with Crippen molar-refractivity contribution >= 4 is 16.8 Å². The number of hydrogen-bond acceptors (Lipinski definition) is 4. The number of carbonyl (C=O) groups excluding carboxylic acids is 1. The maximum atomic E-state index is 12.8. The van der Waals surface area contributed by atoms with Crippen molar-refractivity contribution in [2.45, 2.75) is 6.54 Å². The second-order valence-electron chi connectivity index (χ2n) is 6.52. The summed E-state index contributed by atoms with van der Waals surface area (Å²) in [6, 6.07) is 21.0. The minimum absolute atomic E-state index is 0.145. The molecule has 0 aliphatic carbocycles. The highest BCUT2D eigenvalue weighted by molar-refractivity contribution is 5.98. The first-order valence-corrected chi connectivity index (χ1v) is 8.98. The maximum absolute atomic E-state index is 12.8. The molecule has 2 heterocycles. The van der Waals surface area contributed by atoms with Gasteiger partial charge in [0.15, 0.2) is 11.5 Å². The zero-order chi connectivity index (χ0) is 18.9. The molecule has 28 heavy (non-hydrogen) atoms. The molecule has 1 amide bonds. The van der Waals surface area contributed by atoms with Crippen molar-refractivity contribution in [3.8, 4) is 17.2 Å². The molecule has 0 atom stereocenters. The van der Waals surface area contributed by atoms with E-state index in [1.54, 1.807) is 10.7 Å². The number of nitrogens with zero attached hydrogens (tertiary/aromatic N) is 2. The lowest BCUT2D eigenvalue weighted by Gasteiger charge is -2.10. The molecular weight excluding hydrogens is 354 g/mol. The van der Waals surface area contributed by atoms with Crippen LogP contribution in [-0.2, 0) is 6.54 Å². The molecule has 1 N–H and O–H groups in total. The van der Waals surface area contributed by atoms with Crippen LogP contribution in [0.2, 0.25) is 0 Å². The molecule has 1 aromatic heterocycles. The van der Waals surface area contributed by atoms with Crippen molar-refractivity contribution in [3.05, 3.63) is 84.1 Å². The van der Waals surface area contributed by atoms with Gasteiger partial charge in [-0.1, -0.05) is 42.5 Å². The molecule has 6 nitrogen and oxygen atoms in total. The van der Waals surface area contributed by atoms with Gasteiger partial charge in [-0.2, -0.15) is 5.10 Å². The predicted molar refractivity (Wildman–Crippen MR) is 105 cm³/mol. The van der Waals surface area contributed by atoms with Crippen molar-refractivity contribution in [2.75, 3.05) is 6.79 Å². The standard InChI is InChI=1S/C22H17N3O3/c26-22(23-12-15-6-2-1-3-7-15)17-8-4-5-9-19(17)25-13-16-10-20-21(28-14-27-20)11-18(16)24-25/h1-11,13H,12,14H2,(H,23,26). The van der Waals surface area contributed by atoms with Crippen LogP contribution in [0.25, 0.3) is 16.6 Å². The van der Waals surface area contributed by atoms with Crippen LogP contribution in [0.15, 0.2) is 72.9 Å². The third kappa shape index (κ3) is 2.95. The van der Waals surface area contributed by atoms with Gasteiger partial charge in [0.05, 0.1) is 16.8 Å². The van der Waals surface area contributed by atoms with Crippen LogP contribution in [0.3, 0.4) is 0 Å². The SMILES string of the molecule is O=C(NCc1ccccc1)c1ccccc1-n1cc2cc3c(cc2n1)OCO3. The number of para-hydroxylation sites is 1. The fourth-order valence-corrected chi connectivity index (χ4v) is 3.28. The first kappa shape index (κ1) is 16.4. The molecule has 5 rings (SSSR count). The highest BCUT2D eigenvalue weighted by atomic mass is 16.7. The number of hydrogen-bond donors (Lipinski definition) is 1. The number of amides is 1. The normalized spacial score (nSPS) is 12.3. The average molecular weight is 371 g/mol. The summed E-state index contributed by atoms with van der Waals surface area (Å²) in [6.07, 6.45) is 1.89. The average Bonchev–Trinajstić information content (AvgIpc) is 3.36. The molecule has 0 saturated heterocycles. The number of aromatic nitrogens is 2. The van der Waals surface area contributed by atoms with Crippen LogP contribution in [0.5, 0.6) is 11.5 Å². The van der Waals surface area contributed by atoms with Gasteiger partial charge in [-0.3, -0.25) is 4.79 Å². The highest BCUT2D eigenvalue weighted by Gasteiger charge is 2.18. The van der Waals surface area contributed by atoms with Gasteiger partial charge in [-0.25, -0.2) is 4.68 Å². The fraction of sp³-hybridized carbons (Fsp3) is 0.0909. The van der Waals surface area contributed by atoms with Crippen molar-refractivity contribution < 1.29 is 14.3 Å². The molecule has 3 aromatic carbocycles. The van der Waals surface area contributed by atoms with Gasteiger partial charge < -0.3 is 14.8 Å². The van der Waals surface area contributed by atoms with Gasteiger partial charge in [0.1, 0.15) is 0 Å². The lowest BCUT2D eigenvalue weighted by molar-refractivity contribution is 0.0950. The van der Waals surface area contributed by atoms with Crippen LogP contribution >= 0.6 is 0 Å². The van der Waals surface area contributed by atoms with E-state index >= 15 is 0 Å². The Balaban J connectivity index is 1.46. The van der Waals surface area contributed by atoms with E-state index in [-0.39, 0.29) is 12.7 Å². The minimum atomic E-state index is -0.145. The highest BCUT2D eigenvalue weighted by Crippen LogP contribution is 2.36. The van der Waals surface area contributed by atoms with Crippen molar-refractivity contribution in [2.24, 2.45) is 0 Å². The zero-order valence-corrected chi connectivity index (χ0v) is 15.0. The summed E-state index contributed by atoms with van der Waals surface area (Å²) >= 11 is 0. The third-order valence-corrected chi connectivity index (χ3v) is 4.69. The van der Waals surface area contributed by atoms with E-state index < -0.39 is 0 Å². The molecule has 0 spiro atoms. The van der Waals surface area contributed by atoms with Gasteiger partial charge in [0.25, 0.3) is 5.91 Å². The number of nitrogens with one attached hydrogen (secondary N) is 1. The molecule has 6 heteroatoms. The quantitative estimate of drug-likeness (QED) is 0.594. The first-order chi connectivity index (χ1) is 13.8. The number of rotatable bonds is 4. The summed E-state index contributed by atoms with van der Waals surface area (Å²) in [5.41, 5.74) is 3.11. The van der Waals surface area contributed by atoms with Crippen LogP contribution in [0.4, 0.5) is 0 Å². The molecule has 4 aromatic rings. The second kappa shape index (κ2) is 6.74. The van der Waals surface area contributed by atoms with E-state index in [9.17, 15) is 4.79 Å². The third-order valence-electron chi connectivity index (χ3n) is 4.69. The molecule has 0 fully saturated rings. The molecule has 1 aliphatic heterocycles. The Morgan fingerprint density at radius 1 is 1.00 bits per heavy atom. The lowest BCUT2D eigenvalue weighted by atomic mass is 10.1. The fourth-order valence-electron chi connectivity index (χ4n) is 3.28. The van der Waals surface area contributed by atoms with E-state index in [0.717, 1.165) is 16.5 Å². The number of carbonyl (C=O) groups is 1. The molecule has 0 saturated carbocycles. The Hall–Kier alpha value is -3.80. The maximum Gasteiger partial charge on any atom is 0.253 e. The smallest absolute Gasteiger partial charge is 0.253 e. The second-order valence-corrected chi connectivity index (χ2v) is 6.52. The van der Waals surface area contributed by atoms with Gasteiger partial charge in [-0.05, 0) is 23.8 Å². The van der Waals surface area contributed by atoms with Gasteiger partial charge in [-0.15, -0.1) is 0 Å². The molecule has 0 bridgehead atoms. The summed E-state index contributed by atoms with van der Waals surface area (Å²) in [6.45, 7) is 0.697. The lowest BCUT2D eigenvalue weighted by Crippen LogP contribution is -2.24. The predicted octanol–water partition coefficient (Wildman–Crippen LogP) is 3.68. The van der Waals surface area contributed by atoms with Crippen LogP contribution in [0.1, 0.15) is 15.9 Å². The summed E-state index contributed by atoms with van der Waals surface area (Å²) in [7, 11) is 0. The minimum Gasteiger partial charge on any atom is -0.454 e. The van der Waals surface area contributed by atoms with Crippen molar-refractivity contribution in [1.82, 2.24) is 15.1 Å². The molecule has 0 unspecified atom stereocenters. The Morgan fingerprint density at radius 2 is 1.75 bits per heavy atom. The van der Waals surface area contributed by atoms with Crippen LogP contribution in [0, 0.1) is 0 Å². The summed E-state index contributed by atoms with van der Waals surface area (Å²) in [5, 5.41) is 8.52. The Labute approximate surface area is 161 Å². The number of benzene rings is 3. The van der Waals surface area contributed by atoms with Crippen molar-refractivity contribution in [3.63, 3.8) is 0 Å². The van der Waals surface area contributed by atoms with Crippen LogP contribution in [-0.4, -0.2) is 22.5 Å². The molecule has 0 radical (unpaired) electrons. The van der Waals surface area contributed by atoms with E-state index in [4.69, 9.17) is 9.47 Å². The van der Waals surface area contributed by atoms with Crippen molar-refractivity contribution in [1.29, 1.82) is 0 Å². The monoisotopic (exact) mass is 371 g/mol. The Kier molecular flexibility index (Phi) is 3.94. The first-order valence-electron chi connectivity index (χ1n) is 8.98. The van der Waals surface area contributed by atoms with E-state index in [0.29, 0.717) is 29.3 Å². The summed E-state index contributed by atoms with van der Waals surface area (Å²) < 4.78 is 12.6. The Morgan fingerprint density at radius 3 is 2.61 bits per heavy atom. The molecule has 138 valence electrons. The van der Waals surface area contributed by atoms with E-state index in [1.165, 1.54) is 0 Å². The number of ether oxygens (including phenoxy) is 2. The van der Waals surface area contributed by atoms with Gasteiger partial charge >= 0.3 is 0 Å². The number of fused-ring (bicyclic) bond motifs is 2. The molecule has 1 aliphatic rings. The molecular formula is C22H17N3O3. The summed E-state index contributed by atoms with van der Waals surface area (Å²) in [5.74, 6) is 1.25. The van der Waals surface area contributed by atoms with Gasteiger partial charge in [0, 0.05) is 24.2 Å². The largest absolute Gasteiger partial charge is 0.454 e. The van der Waals surface area contributed by atoms with Gasteiger partial charge in [0.2, 0.25) is 6.79 Å². The van der Waals surface area contributed by atoms with E-state index in [2.05, 4.69) is 10.4 Å².